The lowest BCUT2D eigenvalue weighted by Crippen LogP contribution is -2.30. The van der Waals surface area contributed by atoms with Crippen LogP contribution in [0.5, 0.6) is 0 Å². The van der Waals surface area contributed by atoms with Crippen molar-refractivity contribution in [2.45, 2.75) is 322 Å². The normalized spacial score (nSPS) is 12.8. The van der Waals surface area contributed by atoms with E-state index in [1.165, 1.54) is 154 Å². The number of carbonyl (C=O) groups is 3. The van der Waals surface area contributed by atoms with Crippen LogP contribution < -0.4 is 0 Å². The topological polar surface area (TPSA) is 78.9 Å². The van der Waals surface area contributed by atoms with Crippen molar-refractivity contribution in [1.29, 1.82) is 0 Å². The summed E-state index contributed by atoms with van der Waals surface area (Å²) in [6.07, 6.45) is 91.1. The van der Waals surface area contributed by atoms with E-state index in [9.17, 15) is 14.4 Å². The maximum absolute atomic E-state index is 12.9. The number of rotatable bonds is 60. The van der Waals surface area contributed by atoms with Crippen molar-refractivity contribution in [3.63, 3.8) is 0 Å². The molecule has 0 aromatic rings. The summed E-state index contributed by atoms with van der Waals surface area (Å²) in [4.78, 5) is 38.3. The van der Waals surface area contributed by atoms with Crippen LogP contribution in [0.4, 0.5) is 0 Å². The number of hydrogen-bond donors (Lipinski definition) is 0. The Balaban J connectivity index is 4.29. The van der Waals surface area contributed by atoms with Gasteiger partial charge < -0.3 is 14.2 Å². The van der Waals surface area contributed by atoms with Crippen molar-refractivity contribution < 1.29 is 28.6 Å². The number of allylic oxidation sites excluding steroid dienone is 18. The van der Waals surface area contributed by atoms with Crippen molar-refractivity contribution in [1.82, 2.24) is 0 Å². The molecular formula is C73H124O6. The molecule has 0 heterocycles. The summed E-state index contributed by atoms with van der Waals surface area (Å²) in [5.74, 6) is -0.930. The van der Waals surface area contributed by atoms with E-state index in [0.717, 1.165) is 122 Å². The van der Waals surface area contributed by atoms with Gasteiger partial charge in [0.1, 0.15) is 13.2 Å². The molecule has 0 aliphatic rings. The second-order valence-corrected chi connectivity index (χ2v) is 22.0. The van der Waals surface area contributed by atoms with Gasteiger partial charge in [-0.2, -0.15) is 0 Å². The standard InChI is InChI=1S/C73H124O6/c1-4-7-10-13-16-19-22-25-27-29-31-32-33-34-35-36-37-38-39-40-42-43-45-48-51-54-57-60-63-66-72(75)78-69-70(68-77-71(74)65-62-59-56-53-50-47-24-21-18-15-12-9-6-3)79-73(76)67-64-61-58-55-52-49-46-44-41-30-28-26-23-20-17-14-11-8-5-2/h9,12,17-18,20-22,25-26,28-29,31,33-34,41,44,47,50,70H,4-8,10-11,13-16,19,23-24,27,30,32,35-40,42-43,45-46,48-49,51-69H2,1-3H3/b12-9-,20-17-,21-18-,25-22-,28-26-,31-29-,34-33-,44-41-,50-47-. The highest BCUT2D eigenvalue weighted by Gasteiger charge is 2.19. The van der Waals surface area contributed by atoms with Crippen LogP contribution in [0.3, 0.4) is 0 Å². The fraction of sp³-hybridized carbons (Fsp3) is 0.712. The zero-order chi connectivity index (χ0) is 57.1. The minimum Gasteiger partial charge on any atom is -0.462 e. The molecule has 1 atom stereocenters. The van der Waals surface area contributed by atoms with Gasteiger partial charge in [-0.3, -0.25) is 14.4 Å². The largest absolute Gasteiger partial charge is 0.462 e. The van der Waals surface area contributed by atoms with E-state index >= 15 is 0 Å². The van der Waals surface area contributed by atoms with Crippen LogP contribution in [-0.4, -0.2) is 37.2 Å². The van der Waals surface area contributed by atoms with Gasteiger partial charge >= 0.3 is 17.9 Å². The molecule has 0 saturated carbocycles. The molecule has 0 saturated heterocycles. The van der Waals surface area contributed by atoms with Crippen LogP contribution >= 0.6 is 0 Å². The van der Waals surface area contributed by atoms with E-state index in [-0.39, 0.29) is 31.1 Å². The quantitative estimate of drug-likeness (QED) is 0.0261. The SMILES string of the molecule is CC/C=C\C/C=C\C/C=C\CCCCCC(=O)OCC(COC(=O)CCCCCCCCCCCCCCCC/C=C\C/C=C\C/C=C\CCCCCCC)OC(=O)CCCCCCCC/C=C\C/C=C\C/C=C\CCCCC. The third-order valence-corrected chi connectivity index (χ3v) is 14.2. The first-order valence-electron chi connectivity index (χ1n) is 33.4. The molecule has 6 heteroatoms. The zero-order valence-corrected chi connectivity index (χ0v) is 51.9. The lowest BCUT2D eigenvalue weighted by Gasteiger charge is -2.18. The third kappa shape index (κ3) is 64.8. The number of carbonyl (C=O) groups excluding carboxylic acids is 3. The Kier molecular flexibility index (Phi) is 63.3. The first-order valence-corrected chi connectivity index (χ1v) is 33.4. The first kappa shape index (κ1) is 75.1. The van der Waals surface area contributed by atoms with Gasteiger partial charge in [0.25, 0.3) is 0 Å². The average Bonchev–Trinajstić information content (AvgIpc) is 3.45. The second-order valence-electron chi connectivity index (χ2n) is 22.0. The summed E-state index contributed by atoms with van der Waals surface area (Å²) in [5, 5.41) is 0. The highest BCUT2D eigenvalue weighted by atomic mass is 16.6. The molecule has 0 aliphatic heterocycles. The van der Waals surface area contributed by atoms with Crippen LogP contribution in [0.1, 0.15) is 316 Å². The number of unbranched alkanes of at least 4 members (excludes halogenated alkanes) is 31. The van der Waals surface area contributed by atoms with Crippen LogP contribution in [0.25, 0.3) is 0 Å². The molecule has 6 nitrogen and oxygen atoms in total. The Morgan fingerprint density at radius 3 is 0.810 bits per heavy atom. The molecule has 0 amide bonds. The molecule has 0 bridgehead atoms. The van der Waals surface area contributed by atoms with Crippen LogP contribution in [0, 0.1) is 0 Å². The molecule has 1 unspecified atom stereocenters. The lowest BCUT2D eigenvalue weighted by molar-refractivity contribution is -0.167. The molecule has 0 rings (SSSR count). The Bertz CT molecular complexity index is 1590. The minimum absolute atomic E-state index is 0.0933. The fourth-order valence-corrected chi connectivity index (χ4v) is 9.24. The molecule has 0 radical (unpaired) electrons. The van der Waals surface area contributed by atoms with E-state index in [1.54, 1.807) is 0 Å². The first-order chi connectivity index (χ1) is 39.0. The Labute approximate surface area is 489 Å². The number of esters is 3. The van der Waals surface area contributed by atoms with E-state index in [0.29, 0.717) is 19.3 Å². The summed E-state index contributed by atoms with van der Waals surface area (Å²) in [6.45, 7) is 6.47. The van der Waals surface area contributed by atoms with E-state index in [4.69, 9.17) is 14.2 Å². The van der Waals surface area contributed by atoms with Crippen LogP contribution in [0.15, 0.2) is 109 Å². The van der Waals surface area contributed by atoms with Gasteiger partial charge in [-0.1, -0.05) is 278 Å². The molecule has 0 aromatic heterocycles. The van der Waals surface area contributed by atoms with Gasteiger partial charge in [0.2, 0.25) is 0 Å². The van der Waals surface area contributed by atoms with Crippen LogP contribution in [0.2, 0.25) is 0 Å². The molecule has 0 aromatic carbocycles. The predicted octanol–water partition coefficient (Wildman–Crippen LogP) is 23.0. The average molecular weight is 1100 g/mol. The fourth-order valence-electron chi connectivity index (χ4n) is 9.24. The highest BCUT2D eigenvalue weighted by Crippen LogP contribution is 2.16. The van der Waals surface area contributed by atoms with Gasteiger partial charge in [0, 0.05) is 19.3 Å². The second kappa shape index (κ2) is 66.6. The van der Waals surface area contributed by atoms with Crippen molar-refractivity contribution in [3.8, 4) is 0 Å². The summed E-state index contributed by atoms with van der Waals surface area (Å²) in [7, 11) is 0. The molecule has 79 heavy (non-hydrogen) atoms. The van der Waals surface area contributed by atoms with Crippen molar-refractivity contribution in [3.05, 3.63) is 109 Å². The van der Waals surface area contributed by atoms with Crippen LogP contribution in [-0.2, 0) is 28.6 Å². The summed E-state index contributed by atoms with van der Waals surface area (Å²) < 4.78 is 16.9. The molecule has 0 spiro atoms. The molecule has 452 valence electrons. The Hall–Kier alpha value is -3.93. The minimum atomic E-state index is -0.800. The van der Waals surface area contributed by atoms with E-state index in [2.05, 4.69) is 130 Å². The molecule has 0 N–H and O–H groups in total. The maximum atomic E-state index is 12.9. The van der Waals surface area contributed by atoms with E-state index < -0.39 is 6.10 Å². The van der Waals surface area contributed by atoms with Crippen molar-refractivity contribution in [2.24, 2.45) is 0 Å². The third-order valence-electron chi connectivity index (χ3n) is 14.2. The van der Waals surface area contributed by atoms with Gasteiger partial charge in [-0.05, 0) is 128 Å². The summed E-state index contributed by atoms with van der Waals surface area (Å²) in [6, 6.07) is 0. The Morgan fingerprint density at radius 1 is 0.266 bits per heavy atom. The summed E-state index contributed by atoms with van der Waals surface area (Å²) in [5.41, 5.74) is 0. The highest BCUT2D eigenvalue weighted by molar-refractivity contribution is 5.71. The predicted molar refractivity (Wildman–Crippen MR) is 343 cm³/mol. The smallest absolute Gasteiger partial charge is 0.306 e. The Morgan fingerprint density at radius 2 is 0.494 bits per heavy atom. The lowest BCUT2D eigenvalue weighted by atomic mass is 10.0. The summed E-state index contributed by atoms with van der Waals surface area (Å²) >= 11 is 0. The van der Waals surface area contributed by atoms with Crippen molar-refractivity contribution >= 4 is 17.9 Å². The van der Waals surface area contributed by atoms with Crippen molar-refractivity contribution in [2.75, 3.05) is 13.2 Å². The zero-order valence-electron chi connectivity index (χ0n) is 51.9. The number of hydrogen-bond acceptors (Lipinski definition) is 6. The van der Waals surface area contributed by atoms with Gasteiger partial charge in [-0.25, -0.2) is 0 Å². The monoisotopic (exact) mass is 1100 g/mol. The maximum Gasteiger partial charge on any atom is 0.306 e. The van der Waals surface area contributed by atoms with Gasteiger partial charge in [-0.15, -0.1) is 0 Å². The number of ether oxygens (including phenoxy) is 3. The molecular weight excluding hydrogens is 973 g/mol. The van der Waals surface area contributed by atoms with Gasteiger partial charge in [0.05, 0.1) is 0 Å². The molecule has 0 aliphatic carbocycles. The molecule has 0 fully saturated rings. The van der Waals surface area contributed by atoms with Gasteiger partial charge in [0.15, 0.2) is 6.10 Å². The van der Waals surface area contributed by atoms with E-state index in [1.807, 2.05) is 0 Å².